The summed E-state index contributed by atoms with van der Waals surface area (Å²) in [6.45, 7) is 0. The van der Waals surface area contributed by atoms with E-state index in [2.05, 4.69) is 10.3 Å². The number of hydrogen-bond acceptors (Lipinski definition) is 3. The zero-order chi connectivity index (χ0) is 18.1. The van der Waals surface area contributed by atoms with Gasteiger partial charge in [0.1, 0.15) is 6.04 Å². The maximum absolute atomic E-state index is 11.9. The number of benzene rings is 2. The van der Waals surface area contributed by atoms with E-state index in [1.54, 1.807) is 30.6 Å². The summed E-state index contributed by atoms with van der Waals surface area (Å²) in [6.07, 6.45) is 2.43. The van der Waals surface area contributed by atoms with Crippen LogP contribution in [0.1, 0.15) is 23.3 Å². The number of hydrogen-bond donors (Lipinski definition) is 1. The minimum absolute atomic E-state index is 0.382. The molecule has 130 valence electrons. The maximum Gasteiger partial charge on any atom is 0.408 e. The van der Waals surface area contributed by atoms with Crippen molar-refractivity contribution in [1.82, 2.24) is 10.3 Å². The number of nitrogens with zero attached hydrogens (tertiary/aromatic N) is 1. The number of cyclic esters (lactones) is 1. The smallest absolute Gasteiger partial charge is 0.408 e. The molecule has 2 heterocycles. The van der Waals surface area contributed by atoms with Crippen LogP contribution >= 0.6 is 23.2 Å². The Morgan fingerprint density at radius 3 is 2.58 bits per heavy atom. The molecule has 3 aromatic rings. The van der Waals surface area contributed by atoms with E-state index >= 15 is 0 Å². The first-order valence-corrected chi connectivity index (χ1v) is 8.80. The monoisotopic (exact) mass is 384 g/mol. The van der Waals surface area contributed by atoms with E-state index < -0.39 is 18.2 Å². The molecule has 1 saturated heterocycles. The fourth-order valence-electron chi connectivity index (χ4n) is 3.08. The summed E-state index contributed by atoms with van der Waals surface area (Å²) in [6, 6.07) is 16.8. The van der Waals surface area contributed by atoms with Crippen LogP contribution in [-0.4, -0.2) is 11.1 Å². The van der Waals surface area contributed by atoms with Crippen molar-refractivity contribution in [1.29, 1.82) is 0 Å². The fourth-order valence-corrected chi connectivity index (χ4v) is 3.49. The Morgan fingerprint density at radius 2 is 1.77 bits per heavy atom. The molecule has 1 N–H and O–H groups in total. The lowest BCUT2D eigenvalue weighted by Crippen LogP contribution is -2.20. The molecule has 0 radical (unpaired) electrons. The van der Waals surface area contributed by atoms with Gasteiger partial charge >= 0.3 is 6.09 Å². The number of pyridine rings is 1. The fraction of sp³-hybridized carbons (Fsp3) is 0.100. The highest BCUT2D eigenvalue weighted by atomic mass is 35.5. The molecular weight excluding hydrogens is 371 g/mol. The standard InChI is InChI=1S/C20H14Cl2N2O2/c21-16-8-4-7-15(17(16)22)19-18(24-20(25)26-19)14-9-13(10-23-11-14)12-5-2-1-3-6-12/h1-11,18-19H,(H,24,25)/t18-,19-/m1/s1. The molecule has 0 spiro atoms. The number of rotatable bonds is 3. The molecule has 6 heteroatoms. The van der Waals surface area contributed by atoms with E-state index in [1.807, 2.05) is 36.4 Å². The lowest BCUT2D eigenvalue weighted by Gasteiger charge is -2.19. The van der Waals surface area contributed by atoms with Gasteiger partial charge in [0.2, 0.25) is 0 Å². The third-order valence-electron chi connectivity index (χ3n) is 4.32. The van der Waals surface area contributed by atoms with Crippen LogP contribution in [0.3, 0.4) is 0 Å². The van der Waals surface area contributed by atoms with Crippen molar-refractivity contribution in [3.8, 4) is 11.1 Å². The van der Waals surface area contributed by atoms with Crippen molar-refractivity contribution in [2.75, 3.05) is 0 Å². The molecule has 2 aromatic carbocycles. The molecule has 0 saturated carbocycles. The second-order valence-electron chi connectivity index (χ2n) is 5.96. The molecule has 0 bridgehead atoms. The Balaban J connectivity index is 1.74. The summed E-state index contributed by atoms with van der Waals surface area (Å²) in [4.78, 5) is 16.3. The van der Waals surface area contributed by atoms with Gasteiger partial charge in [-0.05, 0) is 23.3 Å². The average molecular weight is 385 g/mol. The SMILES string of the molecule is O=C1N[C@H](c2cncc(-c3ccccc3)c2)[C@@H](c2cccc(Cl)c2Cl)O1. The Kier molecular flexibility index (Phi) is 4.53. The van der Waals surface area contributed by atoms with Crippen LogP contribution in [0.4, 0.5) is 4.79 Å². The number of amides is 1. The van der Waals surface area contributed by atoms with Crippen molar-refractivity contribution >= 4 is 29.3 Å². The van der Waals surface area contributed by atoms with Crippen LogP contribution < -0.4 is 5.32 Å². The van der Waals surface area contributed by atoms with Crippen LogP contribution in [0.25, 0.3) is 11.1 Å². The highest BCUT2D eigenvalue weighted by molar-refractivity contribution is 6.42. The lowest BCUT2D eigenvalue weighted by molar-refractivity contribution is 0.132. The van der Waals surface area contributed by atoms with Crippen molar-refractivity contribution in [3.63, 3.8) is 0 Å². The molecule has 1 aliphatic rings. The quantitative estimate of drug-likeness (QED) is 0.641. The van der Waals surface area contributed by atoms with Gasteiger partial charge in [-0.25, -0.2) is 4.79 Å². The van der Waals surface area contributed by atoms with Crippen molar-refractivity contribution in [3.05, 3.63) is 88.2 Å². The van der Waals surface area contributed by atoms with E-state index in [1.165, 1.54) is 0 Å². The number of carbonyl (C=O) groups excluding carboxylic acids is 1. The van der Waals surface area contributed by atoms with Gasteiger partial charge in [-0.2, -0.15) is 0 Å². The van der Waals surface area contributed by atoms with Crippen molar-refractivity contribution in [2.24, 2.45) is 0 Å². The Morgan fingerprint density at radius 1 is 0.962 bits per heavy atom. The summed E-state index contributed by atoms with van der Waals surface area (Å²) < 4.78 is 5.47. The molecule has 26 heavy (non-hydrogen) atoms. The van der Waals surface area contributed by atoms with E-state index in [-0.39, 0.29) is 0 Å². The maximum atomic E-state index is 11.9. The van der Waals surface area contributed by atoms with Gasteiger partial charge in [0, 0.05) is 23.5 Å². The minimum Gasteiger partial charge on any atom is -0.439 e. The molecule has 1 aliphatic heterocycles. The first-order chi connectivity index (χ1) is 12.6. The molecule has 1 fully saturated rings. The Labute approximate surface area is 160 Å². The summed E-state index contributed by atoms with van der Waals surface area (Å²) in [7, 11) is 0. The number of halogens is 2. The minimum atomic E-state index is -0.582. The lowest BCUT2D eigenvalue weighted by atomic mass is 9.95. The van der Waals surface area contributed by atoms with Gasteiger partial charge in [-0.15, -0.1) is 0 Å². The van der Waals surface area contributed by atoms with Gasteiger partial charge in [-0.3, -0.25) is 4.98 Å². The molecule has 0 unspecified atom stereocenters. The highest BCUT2D eigenvalue weighted by Crippen LogP contribution is 2.41. The van der Waals surface area contributed by atoms with E-state index in [0.717, 1.165) is 16.7 Å². The zero-order valence-electron chi connectivity index (χ0n) is 13.5. The first-order valence-electron chi connectivity index (χ1n) is 8.05. The third-order valence-corrected chi connectivity index (χ3v) is 5.16. The molecule has 2 atom stereocenters. The van der Waals surface area contributed by atoms with Crippen molar-refractivity contribution < 1.29 is 9.53 Å². The highest BCUT2D eigenvalue weighted by Gasteiger charge is 2.38. The molecule has 1 aromatic heterocycles. The number of alkyl carbamates (subject to hydrolysis) is 1. The van der Waals surface area contributed by atoms with Gasteiger partial charge in [0.15, 0.2) is 6.10 Å². The van der Waals surface area contributed by atoms with Gasteiger partial charge in [0.25, 0.3) is 0 Å². The van der Waals surface area contributed by atoms with Crippen LogP contribution in [0.2, 0.25) is 10.0 Å². The summed E-state index contributed by atoms with van der Waals surface area (Å²) in [5.74, 6) is 0. The molecule has 1 amide bonds. The number of ether oxygens (including phenoxy) is 1. The molecule has 4 rings (SSSR count). The van der Waals surface area contributed by atoms with Crippen LogP contribution in [0.5, 0.6) is 0 Å². The Hall–Kier alpha value is -2.56. The average Bonchev–Trinajstić information content (AvgIpc) is 3.06. The normalized spacial score (nSPS) is 19.1. The third kappa shape index (κ3) is 3.14. The summed E-state index contributed by atoms with van der Waals surface area (Å²) in [5, 5.41) is 3.64. The molecule has 4 nitrogen and oxygen atoms in total. The first kappa shape index (κ1) is 16.9. The topological polar surface area (TPSA) is 51.2 Å². The largest absolute Gasteiger partial charge is 0.439 e. The van der Waals surface area contributed by atoms with Crippen LogP contribution in [-0.2, 0) is 4.74 Å². The second-order valence-corrected chi connectivity index (χ2v) is 6.75. The number of nitrogens with one attached hydrogen (secondary N) is 1. The predicted molar refractivity (Wildman–Crippen MR) is 101 cm³/mol. The van der Waals surface area contributed by atoms with Crippen LogP contribution in [0, 0.1) is 0 Å². The summed E-state index contributed by atoms with van der Waals surface area (Å²) >= 11 is 12.5. The Bertz CT molecular complexity index is 963. The zero-order valence-corrected chi connectivity index (χ0v) is 15.0. The number of aromatic nitrogens is 1. The summed E-state index contributed by atoms with van der Waals surface area (Å²) in [5.41, 5.74) is 3.50. The number of carbonyl (C=O) groups is 1. The van der Waals surface area contributed by atoms with Gasteiger partial charge < -0.3 is 10.1 Å². The molecule has 0 aliphatic carbocycles. The predicted octanol–water partition coefficient (Wildman–Crippen LogP) is 5.58. The van der Waals surface area contributed by atoms with Crippen molar-refractivity contribution in [2.45, 2.75) is 12.1 Å². The second kappa shape index (κ2) is 6.98. The van der Waals surface area contributed by atoms with Gasteiger partial charge in [-0.1, -0.05) is 65.7 Å². The van der Waals surface area contributed by atoms with Gasteiger partial charge in [0.05, 0.1) is 10.0 Å². The van der Waals surface area contributed by atoms with E-state index in [4.69, 9.17) is 27.9 Å². The van der Waals surface area contributed by atoms with Crippen LogP contribution in [0.15, 0.2) is 67.0 Å². The molecular formula is C20H14Cl2N2O2. The van der Waals surface area contributed by atoms with E-state index in [0.29, 0.717) is 15.6 Å². The van der Waals surface area contributed by atoms with E-state index in [9.17, 15) is 4.79 Å².